The summed E-state index contributed by atoms with van der Waals surface area (Å²) in [6.45, 7) is 5.40. The van der Waals surface area contributed by atoms with Crippen molar-refractivity contribution in [2.75, 3.05) is 20.3 Å². The lowest BCUT2D eigenvalue weighted by atomic mass is 9.84. The lowest BCUT2D eigenvalue weighted by Crippen LogP contribution is -2.27. The number of hydrogen-bond acceptors (Lipinski definition) is 10. The molecular formula is C20H22N4O7. The normalized spacial score (nSPS) is 16.2. The molecule has 1 aromatic heterocycles. The second-order valence-corrected chi connectivity index (χ2v) is 6.76. The van der Waals surface area contributed by atoms with Gasteiger partial charge in [-0.25, -0.2) is 4.79 Å². The number of rotatable bonds is 7. The standard InChI is InChI=1S/C20H22N4O7/c1-11-16(19-23-22-13(3)30-19)17(14-6-5-7-15(10-14)24(26)27)18(12(2)21-11)31-20(25)29-9-8-28-4/h5-7,10,17,21H,8-9H2,1-4H3. The highest BCUT2D eigenvalue weighted by molar-refractivity contribution is 5.75. The van der Waals surface area contributed by atoms with Gasteiger partial charge in [-0.15, -0.1) is 10.2 Å². The maximum absolute atomic E-state index is 12.3. The van der Waals surface area contributed by atoms with Crippen molar-refractivity contribution < 1.29 is 28.3 Å². The summed E-state index contributed by atoms with van der Waals surface area (Å²) < 4.78 is 21.0. The van der Waals surface area contributed by atoms with Crippen molar-refractivity contribution in [3.05, 3.63) is 68.9 Å². The number of carbonyl (C=O) groups is 1. The molecule has 1 N–H and O–H groups in total. The average molecular weight is 430 g/mol. The fraction of sp³-hybridized carbons (Fsp3) is 0.350. The number of nitrogens with one attached hydrogen (secondary N) is 1. The third kappa shape index (κ3) is 4.89. The molecule has 0 amide bonds. The van der Waals surface area contributed by atoms with Crippen LogP contribution < -0.4 is 5.32 Å². The van der Waals surface area contributed by atoms with E-state index in [1.807, 2.05) is 0 Å². The van der Waals surface area contributed by atoms with E-state index in [-0.39, 0.29) is 30.6 Å². The molecule has 2 aromatic rings. The summed E-state index contributed by atoms with van der Waals surface area (Å²) in [6.07, 6.45) is -0.927. The lowest BCUT2D eigenvalue weighted by molar-refractivity contribution is -0.384. The maximum Gasteiger partial charge on any atom is 0.513 e. The minimum atomic E-state index is -0.927. The number of hydrogen-bond donors (Lipinski definition) is 1. The van der Waals surface area contributed by atoms with Crippen molar-refractivity contribution in [1.82, 2.24) is 15.5 Å². The Morgan fingerprint density at radius 1 is 1.23 bits per heavy atom. The first-order chi connectivity index (χ1) is 14.8. The molecule has 0 saturated carbocycles. The van der Waals surface area contributed by atoms with E-state index in [0.29, 0.717) is 28.4 Å². The van der Waals surface area contributed by atoms with Gasteiger partial charge in [-0.05, 0) is 19.4 Å². The molecule has 1 aliphatic heterocycles. The van der Waals surface area contributed by atoms with Gasteiger partial charge in [-0.3, -0.25) is 10.1 Å². The van der Waals surface area contributed by atoms with Crippen LogP contribution in [0.2, 0.25) is 0 Å². The van der Waals surface area contributed by atoms with Gasteiger partial charge in [0.05, 0.1) is 28.7 Å². The number of benzene rings is 1. The molecular weight excluding hydrogens is 408 g/mol. The molecule has 0 spiro atoms. The van der Waals surface area contributed by atoms with Crippen LogP contribution in [0.3, 0.4) is 0 Å². The van der Waals surface area contributed by atoms with E-state index in [4.69, 9.17) is 18.6 Å². The molecule has 0 radical (unpaired) electrons. The summed E-state index contributed by atoms with van der Waals surface area (Å²) in [5.41, 5.74) is 2.16. The average Bonchev–Trinajstić information content (AvgIpc) is 3.15. The number of nitrogens with zero attached hydrogens (tertiary/aromatic N) is 3. The smallest absolute Gasteiger partial charge is 0.432 e. The van der Waals surface area contributed by atoms with Gasteiger partial charge < -0.3 is 23.9 Å². The Balaban J connectivity index is 2.07. The molecule has 0 bridgehead atoms. The van der Waals surface area contributed by atoms with Gasteiger partial charge >= 0.3 is 6.16 Å². The SMILES string of the molecule is COCCOC(=O)OC1=C(C)NC(C)=C(c2nnc(C)o2)C1c1cccc([N+](=O)[O-])c1. The van der Waals surface area contributed by atoms with E-state index >= 15 is 0 Å². The second-order valence-electron chi connectivity index (χ2n) is 6.76. The molecule has 2 heterocycles. The van der Waals surface area contributed by atoms with Crippen LogP contribution in [0, 0.1) is 17.0 Å². The quantitative estimate of drug-likeness (QED) is 0.301. The van der Waals surface area contributed by atoms with Gasteiger partial charge in [-0.2, -0.15) is 0 Å². The fourth-order valence-electron chi connectivity index (χ4n) is 3.26. The van der Waals surface area contributed by atoms with E-state index in [2.05, 4.69) is 15.5 Å². The number of carbonyl (C=O) groups excluding carboxylic acids is 1. The third-order valence-electron chi connectivity index (χ3n) is 4.57. The van der Waals surface area contributed by atoms with Gasteiger partial charge in [0.1, 0.15) is 12.4 Å². The Labute approximate surface area is 177 Å². The number of methoxy groups -OCH3 is 1. The number of non-ortho nitro benzene ring substituents is 1. The van der Waals surface area contributed by atoms with Crippen LogP contribution >= 0.6 is 0 Å². The first-order valence-corrected chi connectivity index (χ1v) is 9.38. The Hall–Kier alpha value is -3.73. The highest BCUT2D eigenvalue weighted by Crippen LogP contribution is 2.44. The van der Waals surface area contributed by atoms with Crippen molar-refractivity contribution in [1.29, 1.82) is 0 Å². The molecule has 1 aliphatic rings. The van der Waals surface area contributed by atoms with Gasteiger partial charge in [0.25, 0.3) is 5.69 Å². The molecule has 1 unspecified atom stereocenters. The summed E-state index contributed by atoms with van der Waals surface area (Å²) in [4.78, 5) is 23.1. The van der Waals surface area contributed by atoms with Gasteiger partial charge in [0.2, 0.25) is 11.8 Å². The number of aryl methyl sites for hydroxylation is 1. The molecule has 164 valence electrons. The van der Waals surface area contributed by atoms with Gasteiger partial charge in [0.15, 0.2) is 0 Å². The Bertz CT molecular complexity index is 1060. The topological polar surface area (TPSA) is 139 Å². The van der Waals surface area contributed by atoms with Crippen LogP contribution in [-0.2, 0) is 14.2 Å². The van der Waals surface area contributed by atoms with Crippen LogP contribution in [0.4, 0.5) is 10.5 Å². The van der Waals surface area contributed by atoms with Crippen molar-refractivity contribution >= 4 is 17.4 Å². The second kappa shape index (κ2) is 9.39. The Morgan fingerprint density at radius 2 is 2.00 bits per heavy atom. The van der Waals surface area contributed by atoms with Crippen molar-refractivity contribution in [2.24, 2.45) is 0 Å². The van der Waals surface area contributed by atoms with E-state index < -0.39 is 17.0 Å². The monoisotopic (exact) mass is 430 g/mol. The fourth-order valence-corrected chi connectivity index (χ4v) is 3.26. The zero-order valence-electron chi connectivity index (χ0n) is 17.5. The summed E-state index contributed by atoms with van der Waals surface area (Å²) in [5.74, 6) is 0.0384. The number of nitro groups is 1. The first-order valence-electron chi connectivity index (χ1n) is 9.38. The van der Waals surface area contributed by atoms with Crippen LogP contribution in [0.1, 0.15) is 37.1 Å². The number of aromatic nitrogens is 2. The van der Waals surface area contributed by atoms with Crippen molar-refractivity contribution in [2.45, 2.75) is 26.7 Å². The molecule has 0 saturated heterocycles. The third-order valence-corrected chi connectivity index (χ3v) is 4.57. The zero-order chi connectivity index (χ0) is 22.5. The minimum absolute atomic E-state index is 0.0150. The lowest BCUT2D eigenvalue weighted by Gasteiger charge is -2.29. The van der Waals surface area contributed by atoms with E-state index in [1.54, 1.807) is 32.9 Å². The highest BCUT2D eigenvalue weighted by Gasteiger charge is 2.36. The van der Waals surface area contributed by atoms with Crippen LogP contribution in [-0.4, -0.2) is 41.6 Å². The van der Waals surface area contributed by atoms with Crippen molar-refractivity contribution in [3.63, 3.8) is 0 Å². The number of ether oxygens (including phenoxy) is 3. The van der Waals surface area contributed by atoms with Crippen LogP contribution in [0.15, 0.2) is 45.8 Å². The predicted molar refractivity (Wildman–Crippen MR) is 108 cm³/mol. The summed E-state index contributed by atoms with van der Waals surface area (Å²) >= 11 is 0. The van der Waals surface area contributed by atoms with E-state index in [0.717, 1.165) is 0 Å². The number of nitro benzene ring substituents is 1. The number of dihydropyridines is 1. The summed E-state index contributed by atoms with van der Waals surface area (Å²) in [5, 5.41) is 22.4. The van der Waals surface area contributed by atoms with Crippen molar-refractivity contribution in [3.8, 4) is 0 Å². The Morgan fingerprint density at radius 3 is 2.65 bits per heavy atom. The molecule has 1 atom stereocenters. The molecule has 3 rings (SSSR count). The summed E-state index contributed by atoms with van der Waals surface area (Å²) in [7, 11) is 1.48. The molecule has 0 fully saturated rings. The molecule has 0 aliphatic carbocycles. The van der Waals surface area contributed by atoms with E-state index in [9.17, 15) is 14.9 Å². The molecule has 1 aromatic carbocycles. The first kappa shape index (κ1) is 22.0. The van der Waals surface area contributed by atoms with Crippen LogP contribution in [0.25, 0.3) is 5.57 Å². The van der Waals surface area contributed by atoms with Crippen LogP contribution in [0.5, 0.6) is 0 Å². The highest BCUT2D eigenvalue weighted by atomic mass is 16.7. The molecule has 31 heavy (non-hydrogen) atoms. The molecule has 11 heteroatoms. The summed E-state index contributed by atoms with van der Waals surface area (Å²) in [6, 6.07) is 6.06. The van der Waals surface area contributed by atoms with Gasteiger partial charge in [0, 0.05) is 31.9 Å². The van der Waals surface area contributed by atoms with E-state index in [1.165, 1.54) is 19.2 Å². The Kier molecular flexibility index (Phi) is 6.65. The largest absolute Gasteiger partial charge is 0.513 e. The number of allylic oxidation sites excluding steroid dienone is 3. The molecule has 11 nitrogen and oxygen atoms in total. The van der Waals surface area contributed by atoms with Gasteiger partial charge in [-0.1, -0.05) is 12.1 Å². The predicted octanol–water partition coefficient (Wildman–Crippen LogP) is 3.44. The zero-order valence-corrected chi connectivity index (χ0v) is 17.5. The maximum atomic E-state index is 12.3. The minimum Gasteiger partial charge on any atom is -0.432 e.